The molecule has 1 amide bonds. The third-order valence-corrected chi connectivity index (χ3v) is 9.27. The number of benzene rings is 3. The summed E-state index contributed by atoms with van der Waals surface area (Å²) in [4.78, 5) is 18.1. The van der Waals surface area contributed by atoms with E-state index in [1.165, 1.54) is 29.5 Å². The molecule has 0 N–H and O–H groups in total. The lowest BCUT2D eigenvalue weighted by molar-refractivity contribution is 0.0745. The van der Waals surface area contributed by atoms with Gasteiger partial charge in [-0.15, -0.1) is 0 Å². The molecule has 5 rings (SSSR count). The van der Waals surface area contributed by atoms with Crippen molar-refractivity contribution in [2.24, 2.45) is 0 Å². The van der Waals surface area contributed by atoms with E-state index in [9.17, 15) is 4.79 Å². The molecular formula is C36H46N2O3. The van der Waals surface area contributed by atoms with Gasteiger partial charge in [0.15, 0.2) is 0 Å². The van der Waals surface area contributed by atoms with Gasteiger partial charge in [0.2, 0.25) is 0 Å². The Kier molecular flexibility index (Phi) is 9.66. The Labute approximate surface area is 246 Å². The average Bonchev–Trinajstić information content (AvgIpc) is 3.81. The smallest absolute Gasteiger partial charge is 0.409 e. The summed E-state index contributed by atoms with van der Waals surface area (Å²) in [5, 5.41) is 0. The van der Waals surface area contributed by atoms with Crippen LogP contribution in [0.5, 0.6) is 5.75 Å². The number of nitrogens with zero attached hydrogens (tertiary/aromatic N) is 2. The molecular weight excluding hydrogens is 508 g/mol. The minimum Gasteiger partial charge on any atom is -0.497 e. The Bertz CT molecular complexity index is 1220. The van der Waals surface area contributed by atoms with Crippen molar-refractivity contribution >= 4 is 6.09 Å². The van der Waals surface area contributed by atoms with Gasteiger partial charge in [-0.1, -0.05) is 86.1 Å². The minimum absolute atomic E-state index is 0.0882. The van der Waals surface area contributed by atoms with Crippen LogP contribution in [-0.2, 0) is 22.0 Å². The largest absolute Gasteiger partial charge is 0.497 e. The summed E-state index contributed by atoms with van der Waals surface area (Å²) in [6.07, 6.45) is 7.10. The van der Waals surface area contributed by atoms with Crippen molar-refractivity contribution in [1.82, 2.24) is 9.80 Å². The Hall–Kier alpha value is -3.31. The molecule has 5 heteroatoms. The fraction of sp³-hybridized carbons (Fsp3) is 0.472. The Morgan fingerprint density at radius 1 is 0.829 bits per heavy atom. The van der Waals surface area contributed by atoms with Crippen molar-refractivity contribution in [3.63, 3.8) is 0 Å². The molecule has 5 nitrogen and oxygen atoms in total. The van der Waals surface area contributed by atoms with Crippen LogP contribution in [0.2, 0.25) is 0 Å². The van der Waals surface area contributed by atoms with Crippen LogP contribution in [0.25, 0.3) is 0 Å². The highest BCUT2D eigenvalue weighted by molar-refractivity contribution is 5.68. The van der Waals surface area contributed by atoms with Crippen molar-refractivity contribution in [2.75, 3.05) is 46.4 Å². The summed E-state index contributed by atoms with van der Waals surface area (Å²) in [7, 11) is 1.72. The first-order valence-corrected chi connectivity index (χ1v) is 15.4. The molecule has 1 aliphatic carbocycles. The summed E-state index contributed by atoms with van der Waals surface area (Å²) in [5.41, 5.74) is 4.19. The first-order chi connectivity index (χ1) is 20.1. The lowest BCUT2D eigenvalue weighted by Crippen LogP contribution is -2.51. The fourth-order valence-corrected chi connectivity index (χ4v) is 6.43. The highest BCUT2D eigenvalue weighted by Gasteiger charge is 2.47. The Morgan fingerprint density at radius 3 is 2.07 bits per heavy atom. The monoisotopic (exact) mass is 554 g/mol. The second kappa shape index (κ2) is 13.6. The predicted molar refractivity (Wildman–Crippen MR) is 166 cm³/mol. The highest BCUT2D eigenvalue weighted by atomic mass is 16.6. The van der Waals surface area contributed by atoms with Crippen LogP contribution in [0, 0.1) is 0 Å². The van der Waals surface area contributed by atoms with Gasteiger partial charge >= 0.3 is 6.09 Å². The van der Waals surface area contributed by atoms with Crippen LogP contribution >= 0.6 is 0 Å². The molecule has 1 aliphatic heterocycles. The predicted octanol–water partition coefficient (Wildman–Crippen LogP) is 7.24. The number of carbonyl (C=O) groups is 1. The van der Waals surface area contributed by atoms with E-state index in [-0.39, 0.29) is 16.9 Å². The fourth-order valence-electron chi connectivity index (χ4n) is 6.43. The number of likely N-dealkylation sites (tertiary alicyclic amines) is 1. The van der Waals surface area contributed by atoms with Crippen molar-refractivity contribution in [2.45, 2.75) is 62.7 Å². The van der Waals surface area contributed by atoms with Gasteiger partial charge in [-0.2, -0.15) is 0 Å². The van der Waals surface area contributed by atoms with Gasteiger partial charge in [-0.25, -0.2) is 4.79 Å². The molecule has 1 saturated carbocycles. The van der Waals surface area contributed by atoms with E-state index in [0.29, 0.717) is 19.7 Å². The molecule has 3 aromatic rings. The SMILES string of the molecule is CCCCOC(=O)N(CCc1ccccc1)CC1(c2ccccc2)CCN(CC2(c3ccc(OC)cc3)CC2)CC1. The lowest BCUT2D eigenvalue weighted by atomic mass is 9.72. The number of methoxy groups -OCH3 is 1. The maximum Gasteiger partial charge on any atom is 0.409 e. The second-order valence-electron chi connectivity index (χ2n) is 12.1. The number of piperidine rings is 1. The number of rotatable bonds is 13. The molecule has 0 spiro atoms. The molecule has 218 valence electrons. The van der Waals surface area contributed by atoms with Crippen LogP contribution in [0.3, 0.4) is 0 Å². The third-order valence-electron chi connectivity index (χ3n) is 9.27. The maximum atomic E-state index is 13.4. The molecule has 0 aromatic heterocycles. The normalized spacial score (nSPS) is 17.5. The zero-order valence-electron chi connectivity index (χ0n) is 24.9. The molecule has 1 saturated heterocycles. The van der Waals surface area contributed by atoms with Gasteiger partial charge in [-0.3, -0.25) is 0 Å². The van der Waals surface area contributed by atoms with Gasteiger partial charge in [0.25, 0.3) is 0 Å². The lowest BCUT2D eigenvalue weighted by Gasteiger charge is -2.45. The summed E-state index contributed by atoms with van der Waals surface area (Å²) in [5.74, 6) is 0.917. The van der Waals surface area contributed by atoms with Crippen molar-refractivity contribution in [1.29, 1.82) is 0 Å². The number of hydrogen-bond donors (Lipinski definition) is 0. The molecule has 0 bridgehead atoms. The number of amides is 1. The van der Waals surface area contributed by atoms with E-state index < -0.39 is 0 Å². The third kappa shape index (κ3) is 7.32. The van der Waals surface area contributed by atoms with Crippen molar-refractivity contribution < 1.29 is 14.3 Å². The van der Waals surface area contributed by atoms with Crippen LogP contribution in [0.1, 0.15) is 62.1 Å². The van der Waals surface area contributed by atoms with Crippen molar-refractivity contribution in [3.05, 3.63) is 102 Å². The first-order valence-electron chi connectivity index (χ1n) is 15.4. The zero-order valence-corrected chi connectivity index (χ0v) is 24.9. The number of carbonyl (C=O) groups excluding carboxylic acids is 1. The number of unbranched alkanes of at least 4 members (excludes halogenated alkanes) is 1. The van der Waals surface area contributed by atoms with E-state index in [0.717, 1.165) is 57.5 Å². The van der Waals surface area contributed by atoms with Crippen molar-refractivity contribution in [3.8, 4) is 5.75 Å². The van der Waals surface area contributed by atoms with E-state index in [1.54, 1.807) is 7.11 Å². The molecule has 2 aliphatic rings. The van der Waals surface area contributed by atoms with Crippen LogP contribution in [0.15, 0.2) is 84.9 Å². The average molecular weight is 555 g/mol. The standard InChI is InChI=1S/C36H46N2O3/c1-3-4-27-41-34(39)38(24-19-30-11-7-5-8-12-30)29-36(31-13-9-6-10-14-31)22-25-37(26-23-36)28-35(20-21-35)32-15-17-33(40-2)18-16-32/h5-18H,3-4,19-29H2,1-2H3. The van der Waals surface area contributed by atoms with E-state index >= 15 is 0 Å². The van der Waals surface area contributed by atoms with Crippen LogP contribution < -0.4 is 4.74 Å². The Balaban J connectivity index is 1.30. The van der Waals surface area contributed by atoms with Crippen LogP contribution in [0.4, 0.5) is 4.79 Å². The molecule has 1 heterocycles. The summed E-state index contributed by atoms with van der Waals surface area (Å²) in [6, 6.07) is 30.0. The summed E-state index contributed by atoms with van der Waals surface area (Å²) < 4.78 is 11.2. The van der Waals surface area contributed by atoms with Crippen LogP contribution in [-0.4, -0.2) is 62.3 Å². The number of ether oxygens (including phenoxy) is 2. The molecule has 3 aromatic carbocycles. The topological polar surface area (TPSA) is 42.0 Å². The maximum absolute atomic E-state index is 13.4. The van der Waals surface area contributed by atoms with Gasteiger partial charge in [-0.05, 0) is 80.4 Å². The second-order valence-corrected chi connectivity index (χ2v) is 12.1. The van der Waals surface area contributed by atoms with E-state index in [1.807, 2.05) is 11.0 Å². The molecule has 0 atom stereocenters. The molecule has 0 radical (unpaired) electrons. The summed E-state index contributed by atoms with van der Waals surface area (Å²) in [6.45, 7) is 7.12. The van der Waals surface area contributed by atoms with Gasteiger partial charge in [0.05, 0.1) is 13.7 Å². The van der Waals surface area contributed by atoms with E-state index in [4.69, 9.17) is 9.47 Å². The number of hydrogen-bond acceptors (Lipinski definition) is 4. The highest BCUT2D eigenvalue weighted by Crippen LogP contribution is 2.50. The quantitative estimate of drug-likeness (QED) is 0.209. The summed E-state index contributed by atoms with van der Waals surface area (Å²) >= 11 is 0. The molecule has 2 fully saturated rings. The Morgan fingerprint density at radius 2 is 1.46 bits per heavy atom. The first kappa shape index (κ1) is 29.2. The zero-order chi connectivity index (χ0) is 28.5. The van der Waals surface area contributed by atoms with Gasteiger partial charge in [0, 0.05) is 30.5 Å². The van der Waals surface area contributed by atoms with Gasteiger partial charge in [0.1, 0.15) is 5.75 Å². The van der Waals surface area contributed by atoms with Gasteiger partial charge < -0.3 is 19.3 Å². The molecule has 0 unspecified atom stereocenters. The minimum atomic E-state index is -0.177. The molecule has 41 heavy (non-hydrogen) atoms. The van der Waals surface area contributed by atoms with E-state index in [2.05, 4.69) is 90.7 Å².